The van der Waals surface area contributed by atoms with Crippen LogP contribution in [-0.4, -0.2) is 16.9 Å². The van der Waals surface area contributed by atoms with Gasteiger partial charge in [0.15, 0.2) is 0 Å². The number of hydrogen-bond acceptors (Lipinski definition) is 2. The molecule has 0 aromatic rings. The van der Waals surface area contributed by atoms with Crippen LogP contribution in [0.5, 0.6) is 0 Å². The van der Waals surface area contributed by atoms with Crippen LogP contribution in [0.1, 0.15) is 39.0 Å². The van der Waals surface area contributed by atoms with E-state index in [1.54, 1.807) is 0 Å². The van der Waals surface area contributed by atoms with Gasteiger partial charge in [0.05, 0.1) is 0 Å². The van der Waals surface area contributed by atoms with Crippen LogP contribution in [0.25, 0.3) is 0 Å². The van der Waals surface area contributed by atoms with E-state index in [1.165, 1.54) is 6.08 Å². The first kappa shape index (κ1) is 14.8. The minimum Gasteiger partial charge on any atom is -0.459 e. The van der Waals surface area contributed by atoms with Crippen LogP contribution in [0.15, 0.2) is 12.7 Å². The maximum atomic E-state index is 11.4. The van der Waals surface area contributed by atoms with Crippen molar-refractivity contribution in [2.45, 2.75) is 43.4 Å². The molecule has 0 atom stereocenters. The second kappa shape index (κ2) is 8.00. The van der Waals surface area contributed by atoms with Crippen molar-refractivity contribution in [1.82, 2.24) is 0 Å². The second-order valence-electron chi connectivity index (χ2n) is 3.40. The Bertz CT molecular complexity index is 203. The number of hydrogen-bond donors (Lipinski definition) is 0. The largest absolute Gasteiger partial charge is 0.459 e. The maximum absolute atomic E-state index is 11.4. The molecule has 0 N–H and O–H groups in total. The van der Waals surface area contributed by atoms with Crippen LogP contribution in [-0.2, 0) is 9.53 Å². The Morgan fingerprint density at radius 3 is 2.60 bits per heavy atom. The molecule has 0 fully saturated rings. The van der Waals surface area contributed by atoms with Gasteiger partial charge in [-0.2, -0.15) is 0 Å². The van der Waals surface area contributed by atoms with Crippen LogP contribution in [0, 0.1) is 0 Å². The standard InChI is InChI=1S/C11H18Cl2O2/c1-3-5-6-7-8-11(12,13)10(14)15-9-4-2/h4H,2-3,5-9H2,1H3. The lowest BCUT2D eigenvalue weighted by atomic mass is 10.1. The van der Waals surface area contributed by atoms with Gasteiger partial charge in [0, 0.05) is 0 Å². The van der Waals surface area contributed by atoms with Gasteiger partial charge in [-0.25, -0.2) is 4.79 Å². The van der Waals surface area contributed by atoms with Crippen LogP contribution in [0.3, 0.4) is 0 Å². The molecule has 0 aromatic carbocycles. The molecule has 88 valence electrons. The van der Waals surface area contributed by atoms with Crippen molar-refractivity contribution in [2.75, 3.05) is 6.61 Å². The molecule has 15 heavy (non-hydrogen) atoms. The highest BCUT2D eigenvalue weighted by atomic mass is 35.5. The van der Waals surface area contributed by atoms with Gasteiger partial charge in [-0.3, -0.25) is 0 Å². The zero-order chi connectivity index (χ0) is 11.7. The molecule has 0 amide bonds. The SMILES string of the molecule is C=CCOC(=O)C(Cl)(Cl)CCCCCC. The molecule has 0 heterocycles. The van der Waals surface area contributed by atoms with Gasteiger partial charge in [0.1, 0.15) is 6.61 Å². The van der Waals surface area contributed by atoms with Crippen LogP contribution in [0.2, 0.25) is 0 Å². The van der Waals surface area contributed by atoms with E-state index in [0.717, 1.165) is 25.7 Å². The molecule has 2 nitrogen and oxygen atoms in total. The van der Waals surface area contributed by atoms with E-state index in [4.69, 9.17) is 27.9 Å². The lowest BCUT2D eigenvalue weighted by Crippen LogP contribution is -2.28. The summed E-state index contributed by atoms with van der Waals surface area (Å²) in [5.41, 5.74) is 0. The zero-order valence-electron chi connectivity index (χ0n) is 9.10. The fraction of sp³-hybridized carbons (Fsp3) is 0.727. The van der Waals surface area contributed by atoms with Crippen molar-refractivity contribution in [2.24, 2.45) is 0 Å². The van der Waals surface area contributed by atoms with Gasteiger partial charge in [-0.05, 0) is 12.8 Å². The molecule has 0 aliphatic carbocycles. The van der Waals surface area contributed by atoms with Crippen molar-refractivity contribution in [1.29, 1.82) is 0 Å². The molecular formula is C11H18Cl2O2. The van der Waals surface area contributed by atoms with Crippen molar-refractivity contribution < 1.29 is 9.53 Å². The van der Waals surface area contributed by atoms with E-state index < -0.39 is 10.3 Å². The van der Waals surface area contributed by atoms with Crippen LogP contribution in [0.4, 0.5) is 0 Å². The van der Waals surface area contributed by atoms with Gasteiger partial charge in [-0.1, -0.05) is 62.0 Å². The Morgan fingerprint density at radius 2 is 2.07 bits per heavy atom. The van der Waals surface area contributed by atoms with Crippen LogP contribution < -0.4 is 0 Å². The number of halogens is 2. The first-order chi connectivity index (χ1) is 7.04. The molecule has 0 saturated heterocycles. The van der Waals surface area contributed by atoms with E-state index in [0.29, 0.717) is 6.42 Å². The third kappa shape index (κ3) is 6.80. The van der Waals surface area contributed by atoms with E-state index in [1.807, 2.05) is 0 Å². The Balaban J connectivity index is 3.82. The van der Waals surface area contributed by atoms with Gasteiger partial charge >= 0.3 is 5.97 Å². The average Bonchev–Trinajstić information content (AvgIpc) is 2.21. The lowest BCUT2D eigenvalue weighted by molar-refractivity contribution is -0.143. The summed E-state index contributed by atoms with van der Waals surface area (Å²) in [7, 11) is 0. The number of esters is 1. The number of carbonyl (C=O) groups excluding carboxylic acids is 1. The normalized spacial score (nSPS) is 11.1. The van der Waals surface area contributed by atoms with Crippen LogP contribution >= 0.6 is 23.2 Å². The number of ether oxygens (including phenoxy) is 1. The molecule has 0 unspecified atom stereocenters. The Morgan fingerprint density at radius 1 is 1.40 bits per heavy atom. The van der Waals surface area contributed by atoms with E-state index in [2.05, 4.69) is 13.5 Å². The number of unbranched alkanes of at least 4 members (excludes halogenated alkanes) is 3. The fourth-order valence-electron chi connectivity index (χ4n) is 1.12. The topological polar surface area (TPSA) is 26.3 Å². The van der Waals surface area contributed by atoms with Crippen molar-refractivity contribution in [3.63, 3.8) is 0 Å². The smallest absolute Gasteiger partial charge is 0.342 e. The summed E-state index contributed by atoms with van der Waals surface area (Å²) in [6.07, 6.45) is 6.06. The first-order valence-corrected chi connectivity index (χ1v) is 5.96. The predicted molar refractivity (Wildman–Crippen MR) is 64.4 cm³/mol. The molecule has 0 spiro atoms. The van der Waals surface area contributed by atoms with Gasteiger partial charge < -0.3 is 4.74 Å². The molecule has 0 aliphatic heterocycles. The molecule has 0 aliphatic rings. The first-order valence-electron chi connectivity index (χ1n) is 5.20. The monoisotopic (exact) mass is 252 g/mol. The third-order valence-electron chi connectivity index (χ3n) is 1.98. The Labute approximate surface area is 102 Å². The van der Waals surface area contributed by atoms with Gasteiger partial charge in [0.25, 0.3) is 0 Å². The van der Waals surface area contributed by atoms with Crippen molar-refractivity contribution >= 4 is 29.2 Å². The summed E-state index contributed by atoms with van der Waals surface area (Å²) in [6.45, 7) is 5.70. The molecule has 0 aromatic heterocycles. The molecule has 0 rings (SSSR count). The summed E-state index contributed by atoms with van der Waals surface area (Å²) >= 11 is 11.7. The highest BCUT2D eigenvalue weighted by Gasteiger charge is 2.34. The fourth-order valence-corrected chi connectivity index (χ4v) is 1.49. The Hall–Kier alpha value is -0.210. The number of alkyl halides is 2. The summed E-state index contributed by atoms with van der Waals surface area (Å²) in [4.78, 5) is 11.4. The minimum absolute atomic E-state index is 0.148. The highest BCUT2D eigenvalue weighted by Crippen LogP contribution is 2.29. The molecular weight excluding hydrogens is 235 g/mol. The number of carbonyl (C=O) groups is 1. The third-order valence-corrected chi connectivity index (χ3v) is 2.66. The van der Waals surface area contributed by atoms with E-state index in [9.17, 15) is 4.79 Å². The summed E-state index contributed by atoms with van der Waals surface area (Å²) < 4.78 is 3.39. The lowest BCUT2D eigenvalue weighted by Gasteiger charge is -2.17. The molecule has 0 radical (unpaired) electrons. The van der Waals surface area contributed by atoms with Gasteiger partial charge in [0.2, 0.25) is 4.33 Å². The van der Waals surface area contributed by atoms with E-state index >= 15 is 0 Å². The zero-order valence-corrected chi connectivity index (χ0v) is 10.6. The Kier molecular flexibility index (Phi) is 7.89. The molecule has 0 saturated carbocycles. The minimum atomic E-state index is -1.41. The number of rotatable bonds is 8. The van der Waals surface area contributed by atoms with E-state index in [-0.39, 0.29) is 6.61 Å². The maximum Gasteiger partial charge on any atom is 0.342 e. The summed E-state index contributed by atoms with van der Waals surface area (Å²) in [5, 5.41) is 0. The molecule has 0 bridgehead atoms. The van der Waals surface area contributed by atoms with Crippen molar-refractivity contribution in [3.05, 3.63) is 12.7 Å². The predicted octanol–water partition coefficient (Wildman–Crippen LogP) is 3.86. The quantitative estimate of drug-likeness (QED) is 0.284. The summed E-state index contributed by atoms with van der Waals surface area (Å²) in [5.74, 6) is -0.581. The van der Waals surface area contributed by atoms with Gasteiger partial charge in [-0.15, -0.1) is 0 Å². The highest BCUT2D eigenvalue weighted by molar-refractivity contribution is 6.57. The molecule has 4 heteroatoms. The summed E-state index contributed by atoms with van der Waals surface area (Å²) in [6, 6.07) is 0. The average molecular weight is 253 g/mol. The van der Waals surface area contributed by atoms with Crippen molar-refractivity contribution in [3.8, 4) is 0 Å². The second-order valence-corrected chi connectivity index (χ2v) is 4.89.